The molecule has 5 rings (SSSR count). The van der Waals surface area contributed by atoms with Gasteiger partial charge in [-0.2, -0.15) is 0 Å². The summed E-state index contributed by atoms with van der Waals surface area (Å²) in [6.07, 6.45) is 3.72. The number of hydrogen-bond donors (Lipinski definition) is 1. The number of benzene rings is 3. The number of amides is 2. The van der Waals surface area contributed by atoms with Gasteiger partial charge in [-0.1, -0.05) is 72.7 Å². The van der Waals surface area contributed by atoms with E-state index in [0.717, 1.165) is 47.8 Å². The Morgan fingerprint density at radius 3 is 2.42 bits per heavy atom. The smallest absolute Gasteiger partial charge is 0.247 e. The molecule has 1 aromatic heterocycles. The predicted molar refractivity (Wildman–Crippen MR) is 134 cm³/mol. The van der Waals surface area contributed by atoms with Crippen LogP contribution in [0.15, 0.2) is 78.9 Å². The van der Waals surface area contributed by atoms with E-state index in [0.29, 0.717) is 0 Å². The van der Waals surface area contributed by atoms with Crippen molar-refractivity contribution in [3.63, 3.8) is 0 Å². The Bertz CT molecular complexity index is 1330. The maximum Gasteiger partial charge on any atom is 0.247 e. The fourth-order valence-electron chi connectivity index (χ4n) is 4.95. The Labute approximate surface area is 208 Å². The lowest BCUT2D eigenvalue weighted by atomic mass is 10.0. The molecule has 0 bridgehead atoms. The first-order valence-electron chi connectivity index (χ1n) is 12.3. The van der Waals surface area contributed by atoms with E-state index >= 15 is 0 Å². The molecule has 1 aliphatic carbocycles. The molecule has 2 amide bonds. The summed E-state index contributed by atoms with van der Waals surface area (Å²) in [5, 5.41) is 11.3. The maximum absolute atomic E-state index is 13.9. The van der Waals surface area contributed by atoms with E-state index < -0.39 is 6.04 Å². The topological polar surface area (TPSA) is 80.1 Å². The van der Waals surface area contributed by atoms with Crippen molar-refractivity contribution in [3.05, 3.63) is 95.8 Å². The number of rotatable bonds is 8. The average Bonchev–Trinajstić information content (AvgIpc) is 3.58. The lowest BCUT2D eigenvalue weighted by molar-refractivity contribution is -0.144. The van der Waals surface area contributed by atoms with Gasteiger partial charge in [0.15, 0.2) is 0 Å². The van der Waals surface area contributed by atoms with Gasteiger partial charge >= 0.3 is 0 Å². The third kappa shape index (κ3) is 5.12. The quantitative estimate of drug-likeness (QED) is 0.401. The highest BCUT2D eigenvalue weighted by molar-refractivity contribution is 5.89. The van der Waals surface area contributed by atoms with E-state index in [1.807, 2.05) is 54.6 Å². The molecule has 0 unspecified atom stereocenters. The standard InChI is InChI=1S/C28H28FN5O2/c29-22-16-14-20(15-17-22)18-30-28(36)27(21-8-2-1-3-9-21)34(23-10-4-5-11-23)26(35)19-33-25-13-7-6-12-24(25)31-32-33/h1-3,6-9,12-17,23,27H,4-5,10-11,18-19H2,(H,30,36)/t27-/m0/s1. The van der Waals surface area contributed by atoms with Gasteiger partial charge in [0.25, 0.3) is 0 Å². The Hall–Kier alpha value is -4.07. The van der Waals surface area contributed by atoms with Crippen LogP contribution in [0, 0.1) is 5.82 Å². The molecular formula is C28H28FN5O2. The highest BCUT2D eigenvalue weighted by Gasteiger charge is 2.37. The third-order valence-electron chi connectivity index (χ3n) is 6.73. The number of fused-ring (bicyclic) bond motifs is 1. The molecule has 1 N–H and O–H groups in total. The van der Waals surface area contributed by atoms with Gasteiger partial charge in [-0.15, -0.1) is 5.10 Å². The summed E-state index contributed by atoms with van der Waals surface area (Å²) in [6.45, 7) is 0.231. The molecule has 1 heterocycles. The molecular weight excluding hydrogens is 457 g/mol. The van der Waals surface area contributed by atoms with Crippen LogP contribution >= 0.6 is 0 Å². The Morgan fingerprint density at radius 2 is 1.67 bits per heavy atom. The summed E-state index contributed by atoms with van der Waals surface area (Å²) in [5.74, 6) is -0.775. The molecule has 7 nitrogen and oxygen atoms in total. The maximum atomic E-state index is 13.9. The monoisotopic (exact) mass is 485 g/mol. The molecule has 0 radical (unpaired) electrons. The Kier molecular flexibility index (Phi) is 7.02. The largest absolute Gasteiger partial charge is 0.350 e. The molecule has 3 aromatic carbocycles. The van der Waals surface area contributed by atoms with E-state index in [1.54, 1.807) is 21.7 Å². The van der Waals surface area contributed by atoms with Crippen molar-refractivity contribution >= 4 is 22.8 Å². The minimum atomic E-state index is -0.794. The second-order valence-corrected chi connectivity index (χ2v) is 9.13. The van der Waals surface area contributed by atoms with Crippen molar-refractivity contribution in [2.24, 2.45) is 0 Å². The van der Waals surface area contributed by atoms with E-state index in [2.05, 4.69) is 15.6 Å². The molecule has 1 saturated carbocycles. The zero-order valence-corrected chi connectivity index (χ0v) is 19.9. The second-order valence-electron chi connectivity index (χ2n) is 9.13. The number of nitrogens with zero attached hydrogens (tertiary/aromatic N) is 4. The fraction of sp³-hybridized carbons (Fsp3) is 0.286. The summed E-state index contributed by atoms with van der Waals surface area (Å²) in [4.78, 5) is 29.3. The normalized spacial score (nSPS) is 14.6. The SMILES string of the molecule is O=C(NCc1ccc(F)cc1)[C@H](c1ccccc1)N(C(=O)Cn1nnc2ccccc21)C1CCCC1. The number of hydrogen-bond acceptors (Lipinski definition) is 4. The first-order valence-corrected chi connectivity index (χ1v) is 12.3. The van der Waals surface area contributed by atoms with Crippen LogP contribution in [-0.4, -0.2) is 37.7 Å². The summed E-state index contributed by atoms with van der Waals surface area (Å²) in [7, 11) is 0. The van der Waals surface area contributed by atoms with E-state index in [-0.39, 0.29) is 36.8 Å². The van der Waals surface area contributed by atoms with Gasteiger partial charge in [0.05, 0.1) is 5.52 Å². The van der Waals surface area contributed by atoms with Gasteiger partial charge in [0, 0.05) is 12.6 Å². The van der Waals surface area contributed by atoms with Gasteiger partial charge < -0.3 is 10.2 Å². The zero-order valence-electron chi connectivity index (χ0n) is 19.9. The average molecular weight is 486 g/mol. The van der Waals surface area contributed by atoms with Gasteiger partial charge in [-0.3, -0.25) is 9.59 Å². The Morgan fingerprint density at radius 1 is 0.972 bits per heavy atom. The van der Waals surface area contributed by atoms with Gasteiger partial charge in [-0.05, 0) is 48.2 Å². The molecule has 36 heavy (non-hydrogen) atoms. The van der Waals surface area contributed by atoms with E-state index in [9.17, 15) is 14.0 Å². The highest BCUT2D eigenvalue weighted by Crippen LogP contribution is 2.32. The van der Waals surface area contributed by atoms with Crippen molar-refractivity contribution in [2.75, 3.05) is 0 Å². The molecule has 1 atom stereocenters. The molecule has 0 saturated heterocycles. The summed E-state index contributed by atoms with van der Waals surface area (Å²) in [5.41, 5.74) is 3.02. The van der Waals surface area contributed by atoms with Crippen LogP contribution in [0.4, 0.5) is 4.39 Å². The van der Waals surface area contributed by atoms with Crippen LogP contribution in [0.5, 0.6) is 0 Å². The lowest BCUT2D eigenvalue weighted by Crippen LogP contribution is -2.49. The third-order valence-corrected chi connectivity index (χ3v) is 6.73. The van der Waals surface area contributed by atoms with Gasteiger partial charge in [0.1, 0.15) is 23.9 Å². The number of halogens is 1. The summed E-state index contributed by atoms with van der Waals surface area (Å²) >= 11 is 0. The van der Waals surface area contributed by atoms with Crippen LogP contribution in [0.1, 0.15) is 42.9 Å². The predicted octanol–water partition coefficient (Wildman–Crippen LogP) is 4.40. The van der Waals surface area contributed by atoms with Crippen molar-refractivity contribution in [1.29, 1.82) is 0 Å². The van der Waals surface area contributed by atoms with Gasteiger partial charge in [-0.25, -0.2) is 9.07 Å². The zero-order chi connectivity index (χ0) is 24.9. The lowest BCUT2D eigenvalue weighted by Gasteiger charge is -2.36. The molecule has 0 spiro atoms. The Balaban J connectivity index is 1.45. The van der Waals surface area contributed by atoms with Crippen LogP contribution in [0.25, 0.3) is 11.0 Å². The fourth-order valence-corrected chi connectivity index (χ4v) is 4.95. The molecule has 4 aromatic rings. The van der Waals surface area contributed by atoms with Crippen LogP contribution in [0.2, 0.25) is 0 Å². The number of carbonyl (C=O) groups excluding carboxylic acids is 2. The number of aromatic nitrogens is 3. The number of nitrogens with one attached hydrogen (secondary N) is 1. The van der Waals surface area contributed by atoms with E-state index in [4.69, 9.17) is 0 Å². The van der Waals surface area contributed by atoms with Crippen molar-refractivity contribution in [2.45, 2.75) is 50.9 Å². The summed E-state index contributed by atoms with van der Waals surface area (Å²) < 4.78 is 14.9. The first kappa shape index (κ1) is 23.7. The van der Waals surface area contributed by atoms with Crippen LogP contribution in [0.3, 0.4) is 0 Å². The minimum absolute atomic E-state index is 0.00834. The molecule has 0 aliphatic heterocycles. The summed E-state index contributed by atoms with van der Waals surface area (Å²) in [6, 6.07) is 22.1. The molecule has 1 fully saturated rings. The van der Waals surface area contributed by atoms with Crippen LogP contribution < -0.4 is 5.32 Å². The minimum Gasteiger partial charge on any atom is -0.350 e. The van der Waals surface area contributed by atoms with Crippen molar-refractivity contribution in [3.8, 4) is 0 Å². The van der Waals surface area contributed by atoms with Crippen LogP contribution in [-0.2, 0) is 22.7 Å². The van der Waals surface area contributed by atoms with Gasteiger partial charge in [0.2, 0.25) is 11.8 Å². The van der Waals surface area contributed by atoms with Crippen molar-refractivity contribution in [1.82, 2.24) is 25.2 Å². The van der Waals surface area contributed by atoms with E-state index in [1.165, 1.54) is 12.1 Å². The highest BCUT2D eigenvalue weighted by atomic mass is 19.1. The van der Waals surface area contributed by atoms with Crippen molar-refractivity contribution < 1.29 is 14.0 Å². The first-order chi connectivity index (χ1) is 17.6. The number of carbonyl (C=O) groups is 2. The number of para-hydroxylation sites is 1. The second kappa shape index (κ2) is 10.7. The molecule has 8 heteroatoms. The molecule has 1 aliphatic rings. The molecule has 184 valence electrons.